The Morgan fingerprint density at radius 3 is 2.28 bits per heavy atom. The van der Waals surface area contributed by atoms with Gasteiger partial charge in [0.05, 0.1) is 32.8 Å². The summed E-state index contributed by atoms with van der Waals surface area (Å²) in [6.07, 6.45) is 2.17. The molecule has 4 aromatic rings. The first-order chi connectivity index (χ1) is 20.2. The van der Waals surface area contributed by atoms with Gasteiger partial charge in [-0.1, -0.05) is 12.1 Å². The molecular formula is C26H28FN7O6S3. The second-order valence-corrected chi connectivity index (χ2v) is 15.9. The zero-order valence-electron chi connectivity index (χ0n) is 22.8. The van der Waals surface area contributed by atoms with Crippen molar-refractivity contribution in [2.75, 3.05) is 33.9 Å². The van der Waals surface area contributed by atoms with Crippen molar-refractivity contribution in [3.8, 4) is 11.3 Å². The number of sulfone groups is 1. The van der Waals surface area contributed by atoms with Gasteiger partial charge in [-0.15, -0.1) is 0 Å². The van der Waals surface area contributed by atoms with E-state index in [-0.39, 0.29) is 41.2 Å². The van der Waals surface area contributed by atoms with Gasteiger partial charge < -0.3 is 10.6 Å². The highest BCUT2D eigenvalue weighted by atomic mass is 32.2. The lowest BCUT2D eigenvalue weighted by atomic mass is 10.1. The molecule has 17 heteroatoms. The van der Waals surface area contributed by atoms with Crippen LogP contribution in [0.5, 0.6) is 0 Å². The average molecular weight is 650 g/mol. The third-order valence-corrected chi connectivity index (χ3v) is 10.2. The summed E-state index contributed by atoms with van der Waals surface area (Å²) >= 11 is 0. The summed E-state index contributed by atoms with van der Waals surface area (Å²) in [6, 6.07) is 13.2. The minimum Gasteiger partial charge on any atom is -0.367 e. The number of anilines is 3. The van der Waals surface area contributed by atoms with Gasteiger partial charge in [0.2, 0.25) is 26.0 Å². The van der Waals surface area contributed by atoms with E-state index in [2.05, 4.69) is 30.3 Å². The fourth-order valence-corrected chi connectivity index (χ4v) is 6.46. The van der Waals surface area contributed by atoms with Crippen molar-refractivity contribution in [1.29, 1.82) is 0 Å². The first kappa shape index (κ1) is 30.5. The Kier molecular flexibility index (Phi) is 8.26. The van der Waals surface area contributed by atoms with E-state index < -0.39 is 41.0 Å². The number of benzene rings is 2. The molecule has 43 heavy (non-hydrogen) atoms. The molecule has 13 nitrogen and oxygen atoms in total. The molecule has 2 aromatic carbocycles. The van der Waals surface area contributed by atoms with E-state index in [1.54, 1.807) is 24.3 Å². The molecule has 1 aliphatic rings. The molecule has 0 radical (unpaired) electrons. The number of hydrogen-bond donors (Lipinski definition) is 4. The molecule has 1 fully saturated rings. The standard InChI is InChI=1S/C26H28FN7O6S3/c1-41(35,36)13-12-29-25-24-22(32-26(33-25)30-15-16-2-5-18(6-3-16)42(28,37)38)11-10-21(31-24)17-4-9-20(27)23(14-17)34-43(39,40)19-7-8-19/h2-6,9-11,14,19,34H,7-8,12-13,15H2,1H3,(H2,28,37,38)(H2,29,30,32,33). The van der Waals surface area contributed by atoms with Gasteiger partial charge in [-0.2, -0.15) is 4.98 Å². The molecule has 0 spiro atoms. The van der Waals surface area contributed by atoms with Crippen molar-refractivity contribution < 1.29 is 29.6 Å². The summed E-state index contributed by atoms with van der Waals surface area (Å²) in [7, 11) is -10.8. The normalized spacial score (nSPS) is 14.0. The monoisotopic (exact) mass is 649 g/mol. The molecular weight excluding hydrogens is 622 g/mol. The minimum atomic E-state index is -3.83. The highest BCUT2D eigenvalue weighted by Gasteiger charge is 2.36. The summed E-state index contributed by atoms with van der Waals surface area (Å²) in [4.78, 5) is 13.6. The number of hydrogen-bond acceptors (Lipinski definition) is 11. The number of fused-ring (bicyclic) bond motifs is 1. The summed E-state index contributed by atoms with van der Waals surface area (Å²) in [5.74, 6) is -0.465. The highest BCUT2D eigenvalue weighted by Crippen LogP contribution is 2.32. The van der Waals surface area contributed by atoms with Gasteiger partial charge in [0.25, 0.3) is 0 Å². The third-order valence-electron chi connectivity index (χ3n) is 6.49. The summed E-state index contributed by atoms with van der Waals surface area (Å²) < 4.78 is 88.0. The van der Waals surface area contributed by atoms with Crippen LogP contribution in [0.15, 0.2) is 59.5 Å². The lowest BCUT2D eigenvalue weighted by Gasteiger charge is -2.13. The lowest BCUT2D eigenvalue weighted by Crippen LogP contribution is -2.18. The first-order valence-electron chi connectivity index (χ1n) is 13.0. The van der Waals surface area contributed by atoms with Gasteiger partial charge in [0.15, 0.2) is 5.82 Å². The van der Waals surface area contributed by atoms with Gasteiger partial charge in [-0.3, -0.25) is 4.72 Å². The van der Waals surface area contributed by atoms with Crippen LogP contribution in [0.25, 0.3) is 22.3 Å². The van der Waals surface area contributed by atoms with Crippen LogP contribution < -0.4 is 20.5 Å². The maximum atomic E-state index is 14.5. The number of rotatable bonds is 12. The Labute approximate surface area is 248 Å². The molecule has 1 aliphatic carbocycles. The predicted molar refractivity (Wildman–Crippen MR) is 162 cm³/mol. The number of primary sulfonamides is 1. The van der Waals surface area contributed by atoms with Crippen LogP contribution >= 0.6 is 0 Å². The fraction of sp³-hybridized carbons (Fsp3) is 0.269. The smallest absolute Gasteiger partial charge is 0.238 e. The second-order valence-electron chi connectivity index (χ2n) is 10.1. The zero-order chi connectivity index (χ0) is 31.0. The Balaban J connectivity index is 1.45. The van der Waals surface area contributed by atoms with Crippen LogP contribution in [0.4, 0.5) is 21.8 Å². The molecule has 0 saturated heterocycles. The molecule has 0 bridgehead atoms. The van der Waals surface area contributed by atoms with Gasteiger partial charge in [0, 0.05) is 24.9 Å². The molecule has 5 N–H and O–H groups in total. The van der Waals surface area contributed by atoms with Crippen LogP contribution in [0.3, 0.4) is 0 Å². The van der Waals surface area contributed by atoms with Crippen LogP contribution in [0.2, 0.25) is 0 Å². The fourth-order valence-electron chi connectivity index (χ4n) is 4.09. The quantitative estimate of drug-likeness (QED) is 0.176. The Hall–Kier alpha value is -3.93. The van der Waals surface area contributed by atoms with Crippen LogP contribution in [-0.2, 0) is 36.4 Å². The third kappa shape index (κ3) is 7.73. The van der Waals surface area contributed by atoms with E-state index in [4.69, 9.17) is 5.14 Å². The summed E-state index contributed by atoms with van der Waals surface area (Å²) in [5.41, 5.74) is 2.06. The van der Waals surface area contributed by atoms with Crippen molar-refractivity contribution in [3.63, 3.8) is 0 Å². The number of pyridine rings is 1. The van der Waals surface area contributed by atoms with Crippen molar-refractivity contribution in [1.82, 2.24) is 15.0 Å². The van der Waals surface area contributed by atoms with Gasteiger partial charge in [-0.25, -0.2) is 44.8 Å². The minimum absolute atomic E-state index is 0.0222. The SMILES string of the molecule is CS(=O)(=O)CCNc1nc(NCc2ccc(S(N)(=O)=O)cc2)nc2ccc(-c3ccc(F)c(NS(=O)(=O)C4CC4)c3)nc12. The van der Waals surface area contributed by atoms with E-state index in [0.29, 0.717) is 35.1 Å². The molecule has 0 atom stereocenters. The molecule has 1 saturated carbocycles. The van der Waals surface area contributed by atoms with Crippen LogP contribution in [0, 0.1) is 5.82 Å². The number of halogens is 1. The molecule has 228 valence electrons. The largest absolute Gasteiger partial charge is 0.367 e. The zero-order valence-corrected chi connectivity index (χ0v) is 25.2. The summed E-state index contributed by atoms with van der Waals surface area (Å²) in [6.45, 7) is 0.273. The second kappa shape index (κ2) is 11.6. The topological polar surface area (TPSA) is 203 Å². The van der Waals surface area contributed by atoms with Crippen molar-refractivity contribution in [2.45, 2.75) is 29.5 Å². The molecule has 2 aromatic heterocycles. The number of sulfonamides is 2. The van der Waals surface area contributed by atoms with Crippen molar-refractivity contribution >= 4 is 58.4 Å². The maximum absolute atomic E-state index is 14.5. The summed E-state index contributed by atoms with van der Waals surface area (Å²) in [5, 5.41) is 10.7. The van der Waals surface area contributed by atoms with E-state index in [0.717, 1.165) is 17.9 Å². The molecule has 5 rings (SSSR count). The average Bonchev–Trinajstić information content (AvgIpc) is 3.79. The number of aromatic nitrogens is 3. The number of nitrogens with one attached hydrogen (secondary N) is 3. The van der Waals surface area contributed by atoms with E-state index >= 15 is 0 Å². The Morgan fingerprint density at radius 1 is 0.907 bits per heavy atom. The predicted octanol–water partition coefficient (Wildman–Crippen LogP) is 2.45. The van der Waals surface area contributed by atoms with Crippen LogP contribution in [-0.4, -0.2) is 64.0 Å². The van der Waals surface area contributed by atoms with E-state index in [1.807, 2.05) is 0 Å². The van der Waals surface area contributed by atoms with E-state index in [9.17, 15) is 29.6 Å². The number of nitrogens with zero attached hydrogens (tertiary/aromatic N) is 3. The van der Waals surface area contributed by atoms with E-state index in [1.165, 1.54) is 24.3 Å². The van der Waals surface area contributed by atoms with Gasteiger partial charge >= 0.3 is 0 Å². The molecule has 0 unspecified atom stereocenters. The highest BCUT2D eigenvalue weighted by molar-refractivity contribution is 7.93. The van der Waals surface area contributed by atoms with Crippen molar-refractivity contribution in [2.24, 2.45) is 5.14 Å². The van der Waals surface area contributed by atoms with Gasteiger partial charge in [-0.05, 0) is 60.9 Å². The van der Waals surface area contributed by atoms with Crippen molar-refractivity contribution in [3.05, 3.63) is 66.0 Å². The molecule has 2 heterocycles. The Morgan fingerprint density at radius 2 is 1.63 bits per heavy atom. The maximum Gasteiger partial charge on any atom is 0.238 e. The molecule has 0 aliphatic heterocycles. The first-order valence-corrected chi connectivity index (χ1v) is 18.1. The molecule has 0 amide bonds. The lowest BCUT2D eigenvalue weighted by molar-refractivity contribution is 0.596. The number of nitrogens with two attached hydrogens (primary N) is 1. The Bertz CT molecular complexity index is 2020. The van der Waals surface area contributed by atoms with Crippen LogP contribution in [0.1, 0.15) is 18.4 Å². The van der Waals surface area contributed by atoms with Gasteiger partial charge in [0.1, 0.15) is 21.2 Å².